The van der Waals surface area contributed by atoms with Crippen molar-refractivity contribution in [2.24, 2.45) is 0 Å². The van der Waals surface area contributed by atoms with Gasteiger partial charge in [-0.2, -0.15) is 39.3 Å². The van der Waals surface area contributed by atoms with Gasteiger partial charge in [0.25, 0.3) is 0 Å². The minimum atomic E-state index is -0.335. The molecule has 0 saturated heterocycles. The summed E-state index contributed by atoms with van der Waals surface area (Å²) in [5, 5.41) is 13.0. The Balaban J connectivity index is -0.000000565. The Morgan fingerprint density at radius 1 is 0.714 bits per heavy atom. The van der Waals surface area contributed by atoms with Crippen molar-refractivity contribution in [3.05, 3.63) is 120 Å². The van der Waals surface area contributed by atoms with Crippen molar-refractivity contribution in [1.82, 2.24) is 0 Å². The van der Waals surface area contributed by atoms with Crippen LogP contribution in [0, 0.1) is 43.8 Å². The molecule has 0 aliphatic carbocycles. The van der Waals surface area contributed by atoms with E-state index in [1.165, 1.54) is 44.4 Å². The summed E-state index contributed by atoms with van der Waals surface area (Å²) >= 11 is 4.72. The fourth-order valence-corrected chi connectivity index (χ4v) is 6.63. The molecule has 266 valence electrons. The van der Waals surface area contributed by atoms with Crippen molar-refractivity contribution in [2.75, 3.05) is 0 Å². The first-order valence-corrected chi connectivity index (χ1v) is 17.3. The van der Waals surface area contributed by atoms with Gasteiger partial charge in [0.1, 0.15) is 5.82 Å². The van der Waals surface area contributed by atoms with Crippen LogP contribution >= 0.6 is 34.0 Å². The smallest absolute Gasteiger partial charge is 0.227 e. The largest absolute Gasteiger partial charge is 0.241 e. The number of nitrogens with zero attached hydrogens (tertiary/aromatic N) is 4. The molecule has 8 heteroatoms. The Bertz CT molecular complexity index is 1680. The predicted molar refractivity (Wildman–Crippen MR) is 218 cm³/mol. The Morgan fingerprint density at radius 3 is 1.57 bits per heavy atom. The van der Waals surface area contributed by atoms with Crippen LogP contribution in [0.3, 0.4) is 0 Å². The van der Waals surface area contributed by atoms with Gasteiger partial charge in [0, 0.05) is 0 Å². The summed E-state index contributed by atoms with van der Waals surface area (Å²) in [5.41, 5.74) is 4.31. The average Bonchev–Trinajstić information content (AvgIpc) is 3.72. The highest BCUT2D eigenvalue weighted by Gasteiger charge is 2.19. The normalized spacial score (nSPS) is 10.2. The van der Waals surface area contributed by atoms with Crippen molar-refractivity contribution in [3.63, 3.8) is 0 Å². The lowest BCUT2D eigenvalue weighted by atomic mass is 9.89. The molecule has 4 nitrogen and oxygen atoms in total. The number of halogens is 1. The molecule has 4 rings (SSSR count). The molecule has 0 spiro atoms. The molecular weight excluding hydrogens is 664 g/mol. The molecule has 3 aromatic heterocycles. The summed E-state index contributed by atoms with van der Waals surface area (Å²) in [6.45, 7) is 46.0. The molecular formula is C41H57FN4S3. The lowest BCUT2D eigenvalue weighted by Gasteiger charge is -2.17. The van der Waals surface area contributed by atoms with Gasteiger partial charge in [-0.05, 0) is 97.3 Å². The van der Waals surface area contributed by atoms with Gasteiger partial charge in [-0.1, -0.05) is 105 Å². The Hall–Kier alpha value is -3.79. The molecule has 0 N–H and O–H groups in total. The van der Waals surface area contributed by atoms with Gasteiger partial charge in [-0.15, -0.1) is 0 Å². The second kappa shape index (κ2) is 21.3. The highest BCUT2D eigenvalue weighted by molar-refractivity contribution is 7.16. The quantitative estimate of drug-likeness (QED) is 0.180. The molecule has 0 atom stereocenters. The van der Waals surface area contributed by atoms with Crippen molar-refractivity contribution in [2.45, 2.75) is 128 Å². The van der Waals surface area contributed by atoms with Crippen LogP contribution in [-0.2, 0) is 16.2 Å². The standard InChI is InChI=1S/C10H10FN.C10H13NS.2C9H11NS.3CH4/c1-7(2)9-3-8(6-12)4-10(11)5-9;1-7-6-8(11-5)12-9(7)10(2,3)4;1-9(2,3)7-5-8(10-4)11-6-7;1-9(2,3)7-5-6-8(10-4)11-7;;;/h3-5,7H,1-2H3;6H,1-4H3;2*5-6H,1-3H3;3*1H4. The molecule has 0 aliphatic heterocycles. The summed E-state index contributed by atoms with van der Waals surface area (Å²) in [6.07, 6.45) is 0. The van der Waals surface area contributed by atoms with E-state index in [0.29, 0.717) is 5.56 Å². The highest BCUT2D eigenvalue weighted by Crippen LogP contribution is 2.37. The van der Waals surface area contributed by atoms with Gasteiger partial charge < -0.3 is 0 Å². The maximum absolute atomic E-state index is 12.8. The minimum absolute atomic E-state index is 0. The van der Waals surface area contributed by atoms with Crippen LogP contribution < -0.4 is 0 Å². The zero-order valence-corrected chi connectivity index (χ0v) is 31.5. The third-order valence-electron chi connectivity index (χ3n) is 6.42. The van der Waals surface area contributed by atoms with E-state index in [1.54, 1.807) is 28.7 Å². The van der Waals surface area contributed by atoms with Crippen molar-refractivity contribution in [1.29, 1.82) is 5.26 Å². The topological polar surface area (TPSA) is 36.9 Å². The van der Waals surface area contributed by atoms with E-state index in [9.17, 15) is 4.39 Å². The third-order valence-corrected chi connectivity index (χ3v) is 10.2. The molecule has 3 heterocycles. The van der Waals surface area contributed by atoms with E-state index in [4.69, 9.17) is 25.0 Å². The van der Waals surface area contributed by atoms with Gasteiger partial charge >= 0.3 is 0 Å². The average molecular weight is 721 g/mol. The van der Waals surface area contributed by atoms with Crippen molar-refractivity contribution >= 4 is 49.0 Å². The SMILES string of the molecule is C.C.C.CC(C)c1cc(F)cc(C#N)c1.[C-]#[N+]c1cc(C(C)(C)C)cs1.[C-]#[N+]c1cc(C)c(C(C)(C)C)s1.[C-]#[N+]c1ccc(C(C)(C)C)s1. The van der Waals surface area contributed by atoms with Crippen LogP contribution in [-0.4, -0.2) is 0 Å². The fraction of sp³-hybridized carbons (Fsp3) is 0.463. The molecule has 0 unspecified atom stereocenters. The zero-order chi connectivity index (χ0) is 35.5. The van der Waals surface area contributed by atoms with Crippen LogP contribution in [0.2, 0.25) is 0 Å². The van der Waals surface area contributed by atoms with Crippen LogP contribution in [0.4, 0.5) is 19.4 Å². The Kier molecular flexibility index (Phi) is 21.6. The van der Waals surface area contributed by atoms with E-state index in [2.05, 4.69) is 89.2 Å². The van der Waals surface area contributed by atoms with Gasteiger partial charge in [0.05, 0.1) is 31.3 Å². The second-order valence-corrected chi connectivity index (χ2v) is 17.0. The number of nitriles is 1. The maximum atomic E-state index is 12.8. The monoisotopic (exact) mass is 720 g/mol. The fourth-order valence-electron chi connectivity index (χ4n) is 3.84. The van der Waals surface area contributed by atoms with E-state index in [-0.39, 0.29) is 50.3 Å². The van der Waals surface area contributed by atoms with Gasteiger partial charge in [-0.25, -0.2) is 18.9 Å². The molecule has 49 heavy (non-hydrogen) atoms. The zero-order valence-electron chi connectivity index (χ0n) is 29.1. The molecule has 0 radical (unpaired) electrons. The Labute approximate surface area is 310 Å². The van der Waals surface area contributed by atoms with Crippen LogP contribution in [0.25, 0.3) is 14.5 Å². The lowest BCUT2D eigenvalue weighted by Crippen LogP contribution is -2.09. The molecule has 4 aromatic rings. The number of hydrogen-bond donors (Lipinski definition) is 0. The number of aryl methyl sites for hydroxylation is 1. The van der Waals surface area contributed by atoms with Crippen molar-refractivity contribution < 1.29 is 4.39 Å². The summed E-state index contributed by atoms with van der Waals surface area (Å²) in [5.74, 6) is -0.0782. The second-order valence-electron chi connectivity index (χ2n) is 14.0. The Morgan fingerprint density at radius 2 is 1.27 bits per heavy atom. The van der Waals surface area contributed by atoms with Crippen LogP contribution in [0.1, 0.15) is 136 Å². The first kappa shape index (κ1) is 49.6. The summed E-state index contributed by atoms with van der Waals surface area (Å²) in [7, 11) is 0. The number of hydrogen-bond acceptors (Lipinski definition) is 4. The number of thiophene rings is 3. The van der Waals surface area contributed by atoms with E-state index >= 15 is 0 Å². The van der Waals surface area contributed by atoms with E-state index < -0.39 is 0 Å². The van der Waals surface area contributed by atoms with Gasteiger partial charge in [0.15, 0.2) is 0 Å². The number of rotatable bonds is 1. The molecule has 0 aliphatic rings. The molecule has 0 saturated carbocycles. The lowest BCUT2D eigenvalue weighted by molar-refractivity contribution is 0.593. The molecule has 0 fully saturated rings. The molecule has 0 bridgehead atoms. The van der Waals surface area contributed by atoms with E-state index in [1.807, 2.05) is 44.2 Å². The summed E-state index contributed by atoms with van der Waals surface area (Å²) < 4.78 is 12.8. The number of benzene rings is 1. The first-order chi connectivity index (χ1) is 21.2. The summed E-state index contributed by atoms with van der Waals surface area (Å²) in [6, 6.07) is 14.2. The van der Waals surface area contributed by atoms with Crippen LogP contribution in [0.15, 0.2) is 47.8 Å². The van der Waals surface area contributed by atoms with Gasteiger partial charge in [0.2, 0.25) is 15.0 Å². The molecule has 1 aromatic carbocycles. The van der Waals surface area contributed by atoms with Crippen molar-refractivity contribution in [3.8, 4) is 6.07 Å². The van der Waals surface area contributed by atoms with E-state index in [0.717, 1.165) is 20.6 Å². The predicted octanol–water partition coefficient (Wildman–Crippen LogP) is 15.8. The third kappa shape index (κ3) is 16.9. The summed E-state index contributed by atoms with van der Waals surface area (Å²) in [4.78, 5) is 12.8. The maximum Gasteiger partial charge on any atom is 0.241 e. The first-order valence-electron chi connectivity index (χ1n) is 14.8. The van der Waals surface area contributed by atoms with Crippen LogP contribution in [0.5, 0.6) is 0 Å². The minimum Gasteiger partial charge on any atom is -0.227 e. The van der Waals surface area contributed by atoms with Gasteiger partial charge in [-0.3, -0.25) is 0 Å². The molecule has 0 amide bonds. The highest BCUT2D eigenvalue weighted by atomic mass is 32.1.